The molecule has 0 saturated heterocycles. The van der Waals surface area contributed by atoms with Gasteiger partial charge in [0.25, 0.3) is 0 Å². The van der Waals surface area contributed by atoms with Crippen molar-refractivity contribution in [1.29, 1.82) is 0 Å². The van der Waals surface area contributed by atoms with Crippen LogP contribution in [0.3, 0.4) is 0 Å². The van der Waals surface area contributed by atoms with Gasteiger partial charge >= 0.3 is 0 Å². The second kappa shape index (κ2) is 7.11. The third-order valence-corrected chi connectivity index (χ3v) is 3.47. The van der Waals surface area contributed by atoms with Gasteiger partial charge in [0.1, 0.15) is 5.82 Å². The van der Waals surface area contributed by atoms with Gasteiger partial charge < -0.3 is 5.32 Å². The second-order valence-corrected chi connectivity index (χ2v) is 5.50. The van der Waals surface area contributed by atoms with E-state index in [1.54, 1.807) is 6.07 Å². The van der Waals surface area contributed by atoms with Crippen molar-refractivity contribution in [3.8, 4) is 0 Å². The Labute approximate surface area is 117 Å². The maximum atomic E-state index is 13.1. The molecule has 1 aromatic rings. The highest BCUT2D eigenvalue weighted by molar-refractivity contribution is 14.1. The fourth-order valence-electron chi connectivity index (χ4n) is 1.74. The van der Waals surface area contributed by atoms with E-state index in [1.807, 2.05) is 13.0 Å². The molecule has 0 spiro atoms. The molecule has 1 rings (SSSR count). The molecule has 1 N–H and O–H groups in total. The first kappa shape index (κ1) is 14.6. The Morgan fingerprint density at radius 3 is 2.76 bits per heavy atom. The molecule has 0 aromatic heterocycles. The van der Waals surface area contributed by atoms with Crippen molar-refractivity contribution in [3.05, 3.63) is 45.3 Å². The van der Waals surface area contributed by atoms with E-state index in [-0.39, 0.29) is 11.9 Å². The topological polar surface area (TPSA) is 12.0 Å². The van der Waals surface area contributed by atoms with Crippen molar-refractivity contribution in [2.75, 3.05) is 6.54 Å². The summed E-state index contributed by atoms with van der Waals surface area (Å²) >= 11 is 2.19. The quantitative estimate of drug-likeness (QED) is 0.593. The van der Waals surface area contributed by atoms with Gasteiger partial charge in [-0.05, 0) is 66.6 Å². The first-order chi connectivity index (χ1) is 8.04. The predicted octanol–water partition coefficient (Wildman–Crippen LogP) is 4.44. The molecule has 3 heteroatoms. The van der Waals surface area contributed by atoms with Crippen LogP contribution < -0.4 is 5.32 Å². The summed E-state index contributed by atoms with van der Waals surface area (Å²) in [5, 5.41) is 3.49. The van der Waals surface area contributed by atoms with Gasteiger partial charge in [-0.3, -0.25) is 0 Å². The van der Waals surface area contributed by atoms with Gasteiger partial charge in [0.15, 0.2) is 0 Å². The molecule has 1 unspecified atom stereocenters. The van der Waals surface area contributed by atoms with Crippen LogP contribution in [0.2, 0.25) is 0 Å². The van der Waals surface area contributed by atoms with E-state index >= 15 is 0 Å². The van der Waals surface area contributed by atoms with Gasteiger partial charge in [0, 0.05) is 9.61 Å². The van der Waals surface area contributed by atoms with E-state index in [0.717, 1.165) is 34.1 Å². The van der Waals surface area contributed by atoms with Gasteiger partial charge in [-0.15, -0.1) is 6.58 Å². The van der Waals surface area contributed by atoms with Crippen LogP contribution in [0.25, 0.3) is 0 Å². The molecule has 1 aromatic carbocycles. The Bertz CT molecular complexity index is 390. The molecule has 1 atom stereocenters. The van der Waals surface area contributed by atoms with Crippen molar-refractivity contribution < 1.29 is 4.39 Å². The number of hydrogen-bond donors (Lipinski definition) is 1. The molecule has 0 heterocycles. The van der Waals surface area contributed by atoms with Crippen LogP contribution in [0.4, 0.5) is 4.39 Å². The third kappa shape index (κ3) is 4.76. The molecule has 0 bridgehead atoms. The summed E-state index contributed by atoms with van der Waals surface area (Å²) in [4.78, 5) is 0. The summed E-state index contributed by atoms with van der Waals surface area (Å²) in [6, 6.07) is 5.21. The minimum atomic E-state index is -0.178. The normalized spacial score (nSPS) is 12.5. The van der Waals surface area contributed by atoms with Crippen molar-refractivity contribution in [3.63, 3.8) is 0 Å². The van der Waals surface area contributed by atoms with Gasteiger partial charge in [-0.2, -0.15) is 0 Å². The Hall–Kier alpha value is -0.420. The van der Waals surface area contributed by atoms with Crippen LogP contribution in [-0.2, 0) is 0 Å². The maximum absolute atomic E-state index is 13.1. The van der Waals surface area contributed by atoms with Gasteiger partial charge in [-0.1, -0.05) is 18.6 Å². The lowest BCUT2D eigenvalue weighted by Crippen LogP contribution is -2.23. The molecule has 0 aliphatic carbocycles. The summed E-state index contributed by atoms with van der Waals surface area (Å²) in [7, 11) is 0. The fourth-order valence-corrected chi connectivity index (χ4v) is 2.60. The lowest BCUT2D eigenvalue weighted by molar-refractivity contribution is 0.524. The van der Waals surface area contributed by atoms with Crippen LogP contribution in [0.1, 0.15) is 38.3 Å². The van der Waals surface area contributed by atoms with Gasteiger partial charge in [0.2, 0.25) is 0 Å². The van der Waals surface area contributed by atoms with E-state index < -0.39 is 0 Å². The molecule has 94 valence electrons. The average Bonchev–Trinajstić information content (AvgIpc) is 2.24. The first-order valence-electron chi connectivity index (χ1n) is 5.87. The Morgan fingerprint density at radius 1 is 1.53 bits per heavy atom. The SMILES string of the molecule is C=C(C)CC(NCCC)c1ccc(F)cc1I. The van der Waals surface area contributed by atoms with Crippen molar-refractivity contribution >= 4 is 22.6 Å². The van der Waals surface area contributed by atoms with Crippen molar-refractivity contribution in [2.24, 2.45) is 0 Å². The predicted molar refractivity (Wildman–Crippen MR) is 79.6 cm³/mol. The Kier molecular flexibility index (Phi) is 6.12. The lowest BCUT2D eigenvalue weighted by atomic mass is 10.00. The number of rotatable bonds is 6. The van der Waals surface area contributed by atoms with Crippen LogP contribution in [-0.4, -0.2) is 6.54 Å². The monoisotopic (exact) mass is 347 g/mol. The molecule has 0 aliphatic rings. The number of hydrogen-bond acceptors (Lipinski definition) is 1. The Morgan fingerprint density at radius 2 is 2.24 bits per heavy atom. The number of halogens is 2. The maximum Gasteiger partial charge on any atom is 0.124 e. The summed E-state index contributed by atoms with van der Waals surface area (Å²) in [6.45, 7) is 9.09. The summed E-state index contributed by atoms with van der Waals surface area (Å²) in [5.41, 5.74) is 2.29. The molecular weight excluding hydrogens is 328 g/mol. The number of nitrogens with one attached hydrogen (secondary N) is 1. The molecule has 0 radical (unpaired) electrons. The standard InChI is InChI=1S/C14H19FIN/c1-4-7-17-14(8-10(2)3)12-6-5-11(15)9-13(12)16/h5-6,9,14,17H,2,4,7-8H2,1,3H3. The highest BCUT2D eigenvalue weighted by Crippen LogP contribution is 2.25. The van der Waals surface area contributed by atoms with Crippen molar-refractivity contribution in [1.82, 2.24) is 5.32 Å². The molecule has 0 aliphatic heterocycles. The van der Waals surface area contributed by atoms with Crippen LogP contribution >= 0.6 is 22.6 Å². The largest absolute Gasteiger partial charge is 0.310 e. The number of benzene rings is 1. The Balaban J connectivity index is 2.90. The van der Waals surface area contributed by atoms with E-state index in [2.05, 4.69) is 41.4 Å². The minimum Gasteiger partial charge on any atom is -0.310 e. The third-order valence-electron chi connectivity index (χ3n) is 2.53. The highest BCUT2D eigenvalue weighted by Gasteiger charge is 2.14. The van der Waals surface area contributed by atoms with E-state index in [9.17, 15) is 4.39 Å². The second-order valence-electron chi connectivity index (χ2n) is 4.33. The van der Waals surface area contributed by atoms with Gasteiger partial charge in [0.05, 0.1) is 0 Å². The first-order valence-corrected chi connectivity index (χ1v) is 6.95. The molecule has 0 fully saturated rings. The minimum absolute atomic E-state index is 0.178. The molecule has 1 nitrogen and oxygen atoms in total. The smallest absolute Gasteiger partial charge is 0.124 e. The van der Waals surface area contributed by atoms with Gasteiger partial charge in [-0.25, -0.2) is 4.39 Å². The fraction of sp³-hybridized carbons (Fsp3) is 0.429. The summed E-state index contributed by atoms with van der Waals surface area (Å²) < 4.78 is 14.1. The summed E-state index contributed by atoms with van der Waals surface area (Å²) in [6.07, 6.45) is 1.98. The zero-order valence-electron chi connectivity index (χ0n) is 10.4. The summed E-state index contributed by atoms with van der Waals surface area (Å²) in [5.74, 6) is -0.178. The highest BCUT2D eigenvalue weighted by atomic mass is 127. The molecule has 0 amide bonds. The molecule has 17 heavy (non-hydrogen) atoms. The zero-order valence-corrected chi connectivity index (χ0v) is 12.6. The lowest BCUT2D eigenvalue weighted by Gasteiger charge is -2.20. The van der Waals surface area contributed by atoms with Crippen LogP contribution in [0.15, 0.2) is 30.4 Å². The van der Waals surface area contributed by atoms with Crippen molar-refractivity contribution in [2.45, 2.75) is 32.7 Å². The average molecular weight is 347 g/mol. The van der Waals surface area contributed by atoms with E-state index in [1.165, 1.54) is 6.07 Å². The van der Waals surface area contributed by atoms with Crippen LogP contribution in [0, 0.1) is 9.39 Å². The zero-order chi connectivity index (χ0) is 12.8. The van der Waals surface area contributed by atoms with E-state index in [4.69, 9.17) is 0 Å². The van der Waals surface area contributed by atoms with E-state index in [0.29, 0.717) is 0 Å². The van der Waals surface area contributed by atoms with Crippen LogP contribution in [0.5, 0.6) is 0 Å². The molecule has 0 saturated carbocycles. The molecular formula is C14H19FIN.